The van der Waals surface area contributed by atoms with E-state index in [0.717, 1.165) is 50.1 Å². The van der Waals surface area contributed by atoms with Gasteiger partial charge in [0.15, 0.2) is 0 Å². The van der Waals surface area contributed by atoms with Crippen molar-refractivity contribution in [2.75, 3.05) is 13.2 Å². The molecule has 23 heavy (non-hydrogen) atoms. The Morgan fingerprint density at radius 3 is 2.70 bits per heavy atom. The van der Waals surface area contributed by atoms with Gasteiger partial charge < -0.3 is 10.5 Å². The minimum atomic E-state index is 0.739. The molecule has 2 aromatic rings. The Morgan fingerprint density at radius 2 is 1.87 bits per heavy atom. The first-order chi connectivity index (χ1) is 11.3. The van der Waals surface area contributed by atoms with Crippen molar-refractivity contribution in [1.29, 1.82) is 0 Å². The second-order valence-electron chi connectivity index (χ2n) is 5.71. The molecule has 0 aliphatic carbocycles. The summed E-state index contributed by atoms with van der Waals surface area (Å²) in [6, 6.07) is 16.8. The highest BCUT2D eigenvalue weighted by atomic mass is 16.5. The van der Waals surface area contributed by atoms with E-state index < -0.39 is 0 Å². The predicted molar refractivity (Wildman–Crippen MR) is 99.6 cm³/mol. The van der Waals surface area contributed by atoms with E-state index in [2.05, 4.69) is 49.4 Å². The molecule has 0 atom stereocenters. The third-order valence-corrected chi connectivity index (χ3v) is 3.75. The fourth-order valence-corrected chi connectivity index (χ4v) is 2.42. The molecule has 2 aromatic carbocycles. The molecule has 0 spiro atoms. The maximum Gasteiger partial charge on any atom is 0.126 e. The number of ether oxygens (including phenoxy) is 1. The van der Waals surface area contributed by atoms with Gasteiger partial charge in [0.1, 0.15) is 5.75 Å². The molecule has 0 radical (unpaired) electrons. The molecule has 0 amide bonds. The molecule has 2 heteroatoms. The van der Waals surface area contributed by atoms with Gasteiger partial charge in [0.25, 0.3) is 0 Å². The number of hydrogen-bond donors (Lipinski definition) is 1. The van der Waals surface area contributed by atoms with Gasteiger partial charge in [0, 0.05) is 5.56 Å². The van der Waals surface area contributed by atoms with Gasteiger partial charge in [-0.25, -0.2) is 0 Å². The van der Waals surface area contributed by atoms with Gasteiger partial charge in [-0.15, -0.1) is 0 Å². The van der Waals surface area contributed by atoms with Crippen molar-refractivity contribution >= 4 is 12.2 Å². The Bertz CT molecular complexity index is 619. The van der Waals surface area contributed by atoms with E-state index in [1.807, 2.05) is 18.2 Å². The Balaban J connectivity index is 2.07. The lowest BCUT2D eigenvalue weighted by Gasteiger charge is -2.08. The number of hydrogen-bond acceptors (Lipinski definition) is 2. The van der Waals surface area contributed by atoms with Gasteiger partial charge in [-0.3, -0.25) is 0 Å². The fraction of sp³-hybridized carbons (Fsp3) is 0.333. The van der Waals surface area contributed by atoms with Gasteiger partial charge >= 0.3 is 0 Å². The summed E-state index contributed by atoms with van der Waals surface area (Å²) in [4.78, 5) is 0. The van der Waals surface area contributed by atoms with E-state index in [-0.39, 0.29) is 0 Å². The normalized spacial score (nSPS) is 11.0. The maximum absolute atomic E-state index is 5.88. The van der Waals surface area contributed by atoms with Gasteiger partial charge in [0.05, 0.1) is 6.61 Å². The third-order valence-electron chi connectivity index (χ3n) is 3.75. The van der Waals surface area contributed by atoms with Crippen LogP contribution in [0.15, 0.2) is 48.5 Å². The van der Waals surface area contributed by atoms with Crippen molar-refractivity contribution in [3.8, 4) is 5.75 Å². The first-order valence-electron chi connectivity index (χ1n) is 8.52. The zero-order valence-electron chi connectivity index (χ0n) is 14.0. The summed E-state index contributed by atoms with van der Waals surface area (Å²) in [5.74, 6) is 0.955. The average Bonchev–Trinajstić information content (AvgIpc) is 2.60. The van der Waals surface area contributed by atoms with Crippen LogP contribution >= 0.6 is 0 Å². The molecule has 0 unspecified atom stereocenters. The highest BCUT2D eigenvalue weighted by Crippen LogP contribution is 2.21. The van der Waals surface area contributed by atoms with Crippen LogP contribution in [-0.2, 0) is 6.42 Å². The van der Waals surface area contributed by atoms with Crippen LogP contribution in [0.5, 0.6) is 5.75 Å². The molecule has 2 nitrogen and oxygen atoms in total. The highest BCUT2D eigenvalue weighted by Gasteiger charge is 2.00. The topological polar surface area (TPSA) is 35.2 Å². The van der Waals surface area contributed by atoms with Crippen molar-refractivity contribution < 1.29 is 4.74 Å². The average molecular weight is 309 g/mol. The number of para-hydroxylation sites is 1. The van der Waals surface area contributed by atoms with Crippen LogP contribution in [0.25, 0.3) is 12.2 Å². The SMILES string of the molecule is CCCCOc1ccccc1C=Cc1cccc(CCCN)c1. The van der Waals surface area contributed by atoms with Gasteiger partial charge in [-0.1, -0.05) is 68.0 Å². The van der Waals surface area contributed by atoms with E-state index in [1.54, 1.807) is 0 Å². The Kier molecular flexibility index (Phi) is 7.41. The number of aryl methyl sites for hydroxylation is 1. The van der Waals surface area contributed by atoms with Crippen LogP contribution in [0.1, 0.15) is 42.9 Å². The Morgan fingerprint density at radius 1 is 1.00 bits per heavy atom. The van der Waals surface area contributed by atoms with Crippen molar-refractivity contribution in [1.82, 2.24) is 0 Å². The molecule has 2 rings (SSSR count). The second-order valence-corrected chi connectivity index (χ2v) is 5.71. The molecule has 0 fully saturated rings. The number of unbranched alkanes of at least 4 members (excludes halogenated alkanes) is 1. The lowest BCUT2D eigenvalue weighted by atomic mass is 10.1. The van der Waals surface area contributed by atoms with Crippen LogP contribution in [0, 0.1) is 0 Å². The van der Waals surface area contributed by atoms with Gasteiger partial charge in [0.2, 0.25) is 0 Å². The monoisotopic (exact) mass is 309 g/mol. The molecule has 0 saturated carbocycles. The summed E-state index contributed by atoms with van der Waals surface area (Å²) in [5.41, 5.74) is 9.26. The summed E-state index contributed by atoms with van der Waals surface area (Å²) >= 11 is 0. The van der Waals surface area contributed by atoms with E-state index in [1.165, 1.54) is 11.1 Å². The smallest absolute Gasteiger partial charge is 0.126 e. The summed E-state index contributed by atoms with van der Waals surface area (Å²) < 4.78 is 5.88. The van der Waals surface area contributed by atoms with Gasteiger partial charge in [-0.05, 0) is 43.0 Å². The fourth-order valence-electron chi connectivity index (χ4n) is 2.42. The maximum atomic E-state index is 5.88. The number of benzene rings is 2. The quantitative estimate of drug-likeness (QED) is 0.526. The molecule has 2 N–H and O–H groups in total. The molecule has 0 aliphatic heterocycles. The van der Waals surface area contributed by atoms with Crippen molar-refractivity contribution in [2.45, 2.75) is 32.6 Å². The minimum Gasteiger partial charge on any atom is -0.493 e. The van der Waals surface area contributed by atoms with Gasteiger partial charge in [-0.2, -0.15) is 0 Å². The molecular formula is C21H27NO. The van der Waals surface area contributed by atoms with Crippen LogP contribution in [0.3, 0.4) is 0 Å². The minimum absolute atomic E-state index is 0.739. The van der Waals surface area contributed by atoms with Crippen molar-refractivity contribution in [3.05, 3.63) is 65.2 Å². The summed E-state index contributed by atoms with van der Waals surface area (Å²) in [6.45, 7) is 3.69. The van der Waals surface area contributed by atoms with E-state index in [0.29, 0.717) is 0 Å². The van der Waals surface area contributed by atoms with Crippen LogP contribution in [-0.4, -0.2) is 13.2 Å². The van der Waals surface area contributed by atoms with E-state index >= 15 is 0 Å². The molecule has 0 saturated heterocycles. The van der Waals surface area contributed by atoms with Crippen LogP contribution in [0.4, 0.5) is 0 Å². The first-order valence-corrected chi connectivity index (χ1v) is 8.52. The molecule has 0 heterocycles. The molecular weight excluding hydrogens is 282 g/mol. The molecule has 0 bridgehead atoms. The molecule has 0 aromatic heterocycles. The molecule has 122 valence electrons. The standard InChI is InChI=1S/C21H27NO/c1-2-3-16-23-21-12-5-4-11-20(21)14-13-19-9-6-8-18(17-19)10-7-15-22/h4-6,8-9,11-14,17H,2-3,7,10,15-16,22H2,1H3. The lowest BCUT2D eigenvalue weighted by molar-refractivity contribution is 0.309. The largest absolute Gasteiger partial charge is 0.493 e. The zero-order chi connectivity index (χ0) is 16.3. The van der Waals surface area contributed by atoms with E-state index in [9.17, 15) is 0 Å². The van der Waals surface area contributed by atoms with Crippen LogP contribution < -0.4 is 10.5 Å². The summed E-state index contributed by atoms with van der Waals surface area (Å²) in [5, 5.41) is 0. The first kappa shape index (κ1) is 17.3. The number of nitrogens with two attached hydrogens (primary N) is 1. The number of rotatable bonds is 9. The van der Waals surface area contributed by atoms with Crippen LogP contribution in [0.2, 0.25) is 0 Å². The lowest BCUT2D eigenvalue weighted by Crippen LogP contribution is -2.00. The Labute approximate surface area is 140 Å². The highest BCUT2D eigenvalue weighted by molar-refractivity contribution is 5.72. The summed E-state index contributed by atoms with van der Waals surface area (Å²) in [6.07, 6.45) is 8.57. The van der Waals surface area contributed by atoms with E-state index in [4.69, 9.17) is 10.5 Å². The third kappa shape index (κ3) is 5.91. The zero-order valence-corrected chi connectivity index (χ0v) is 14.0. The Hall–Kier alpha value is -2.06. The van der Waals surface area contributed by atoms with Crippen molar-refractivity contribution in [2.24, 2.45) is 5.73 Å². The van der Waals surface area contributed by atoms with Crippen molar-refractivity contribution in [3.63, 3.8) is 0 Å². The second kappa shape index (κ2) is 9.86. The predicted octanol–water partition coefficient (Wildman–Crippen LogP) is 4.93. The molecule has 0 aliphatic rings. The summed E-state index contributed by atoms with van der Waals surface area (Å²) in [7, 11) is 0.